The van der Waals surface area contributed by atoms with Crippen molar-refractivity contribution in [1.82, 2.24) is 5.32 Å². The van der Waals surface area contributed by atoms with Crippen LogP contribution in [0, 0.1) is 17.8 Å². The molecule has 18 heavy (non-hydrogen) atoms. The van der Waals surface area contributed by atoms with Gasteiger partial charge in [0.1, 0.15) is 0 Å². The van der Waals surface area contributed by atoms with Crippen molar-refractivity contribution in [3.05, 3.63) is 0 Å². The third-order valence-corrected chi connectivity index (χ3v) is 3.19. The lowest BCUT2D eigenvalue weighted by Crippen LogP contribution is -2.27. The van der Waals surface area contributed by atoms with E-state index in [0.717, 1.165) is 44.1 Å². The Morgan fingerprint density at radius 2 is 1.50 bits per heavy atom. The summed E-state index contributed by atoms with van der Waals surface area (Å²) in [6.45, 7) is 15.4. The van der Waals surface area contributed by atoms with Gasteiger partial charge < -0.3 is 10.1 Å². The summed E-state index contributed by atoms with van der Waals surface area (Å²) < 4.78 is 5.72. The molecular formula is C16H35NO. The van der Waals surface area contributed by atoms with Crippen LogP contribution in [0.4, 0.5) is 0 Å². The minimum absolute atomic E-state index is 0.745. The smallest absolute Gasteiger partial charge is 0.0469 e. The summed E-state index contributed by atoms with van der Waals surface area (Å²) in [5, 5.41) is 3.57. The highest BCUT2D eigenvalue weighted by atomic mass is 16.5. The molecule has 0 aromatic carbocycles. The van der Waals surface area contributed by atoms with Crippen LogP contribution in [-0.4, -0.2) is 26.3 Å². The summed E-state index contributed by atoms with van der Waals surface area (Å²) in [6.07, 6.45) is 4.99. The van der Waals surface area contributed by atoms with E-state index in [4.69, 9.17) is 4.74 Å². The fraction of sp³-hybridized carbons (Fsp3) is 1.00. The van der Waals surface area contributed by atoms with E-state index in [1.807, 2.05) is 0 Å². The summed E-state index contributed by atoms with van der Waals surface area (Å²) in [4.78, 5) is 0. The first-order chi connectivity index (χ1) is 8.56. The van der Waals surface area contributed by atoms with Gasteiger partial charge in [-0.05, 0) is 50.1 Å². The van der Waals surface area contributed by atoms with Crippen LogP contribution in [0.3, 0.4) is 0 Å². The largest absolute Gasteiger partial charge is 0.381 e. The Balaban J connectivity index is 3.56. The molecule has 0 aromatic rings. The lowest BCUT2D eigenvalue weighted by molar-refractivity contribution is 0.109. The van der Waals surface area contributed by atoms with Crippen molar-refractivity contribution in [3.63, 3.8) is 0 Å². The van der Waals surface area contributed by atoms with Gasteiger partial charge in [0.05, 0.1) is 0 Å². The standard InChI is InChI=1S/C16H35NO/c1-6-7-16(13-17-12-15(4)5)9-11-18-10-8-14(2)3/h14-17H,6-13H2,1-5H3. The molecule has 0 amide bonds. The minimum atomic E-state index is 0.745. The fourth-order valence-electron chi connectivity index (χ4n) is 2.00. The van der Waals surface area contributed by atoms with Gasteiger partial charge in [0.15, 0.2) is 0 Å². The van der Waals surface area contributed by atoms with Crippen molar-refractivity contribution in [1.29, 1.82) is 0 Å². The van der Waals surface area contributed by atoms with Crippen molar-refractivity contribution < 1.29 is 4.74 Å². The predicted octanol–water partition coefficient (Wildman–Crippen LogP) is 4.10. The average Bonchev–Trinajstić information content (AvgIpc) is 2.27. The van der Waals surface area contributed by atoms with E-state index in [0.29, 0.717) is 0 Å². The zero-order chi connectivity index (χ0) is 13.8. The van der Waals surface area contributed by atoms with Crippen LogP contribution in [0.1, 0.15) is 60.3 Å². The molecule has 0 heterocycles. The highest BCUT2D eigenvalue weighted by Crippen LogP contribution is 2.11. The molecule has 1 N–H and O–H groups in total. The van der Waals surface area contributed by atoms with Gasteiger partial charge >= 0.3 is 0 Å². The van der Waals surface area contributed by atoms with Gasteiger partial charge in [-0.25, -0.2) is 0 Å². The molecule has 0 radical (unpaired) electrons. The average molecular weight is 257 g/mol. The Hall–Kier alpha value is -0.0800. The van der Waals surface area contributed by atoms with Crippen molar-refractivity contribution >= 4 is 0 Å². The lowest BCUT2D eigenvalue weighted by atomic mass is 10.00. The summed E-state index contributed by atoms with van der Waals surface area (Å²) in [5.41, 5.74) is 0. The molecule has 2 heteroatoms. The van der Waals surface area contributed by atoms with E-state index in [2.05, 4.69) is 39.9 Å². The second kappa shape index (κ2) is 12.0. The van der Waals surface area contributed by atoms with Crippen molar-refractivity contribution in [2.75, 3.05) is 26.3 Å². The second-order valence-electron chi connectivity index (χ2n) is 6.29. The number of hydrogen-bond donors (Lipinski definition) is 1. The second-order valence-corrected chi connectivity index (χ2v) is 6.29. The topological polar surface area (TPSA) is 21.3 Å². The lowest BCUT2D eigenvalue weighted by Gasteiger charge is -2.18. The summed E-state index contributed by atoms with van der Waals surface area (Å²) >= 11 is 0. The maximum atomic E-state index is 5.72. The van der Waals surface area contributed by atoms with Gasteiger partial charge in [0.25, 0.3) is 0 Å². The van der Waals surface area contributed by atoms with E-state index >= 15 is 0 Å². The van der Waals surface area contributed by atoms with Gasteiger partial charge in [-0.3, -0.25) is 0 Å². The third kappa shape index (κ3) is 12.4. The number of nitrogens with one attached hydrogen (secondary N) is 1. The molecule has 0 aliphatic rings. The highest BCUT2D eigenvalue weighted by Gasteiger charge is 2.07. The number of hydrogen-bond acceptors (Lipinski definition) is 2. The van der Waals surface area contributed by atoms with E-state index in [1.165, 1.54) is 25.7 Å². The van der Waals surface area contributed by atoms with E-state index in [-0.39, 0.29) is 0 Å². The summed E-state index contributed by atoms with van der Waals surface area (Å²) in [7, 11) is 0. The molecule has 110 valence electrons. The molecule has 1 atom stereocenters. The molecule has 0 aromatic heterocycles. The summed E-state index contributed by atoms with van der Waals surface area (Å²) in [6, 6.07) is 0. The van der Waals surface area contributed by atoms with Gasteiger partial charge in [-0.15, -0.1) is 0 Å². The highest BCUT2D eigenvalue weighted by molar-refractivity contribution is 4.63. The quantitative estimate of drug-likeness (QED) is 0.531. The maximum Gasteiger partial charge on any atom is 0.0469 e. The Kier molecular flexibility index (Phi) is 11.9. The monoisotopic (exact) mass is 257 g/mol. The van der Waals surface area contributed by atoms with Crippen LogP contribution in [-0.2, 0) is 4.74 Å². The maximum absolute atomic E-state index is 5.72. The molecule has 0 spiro atoms. The van der Waals surface area contributed by atoms with Crippen molar-refractivity contribution in [2.24, 2.45) is 17.8 Å². The number of ether oxygens (including phenoxy) is 1. The van der Waals surface area contributed by atoms with Gasteiger partial charge in [0, 0.05) is 13.2 Å². The first kappa shape index (κ1) is 17.9. The molecule has 0 fully saturated rings. The van der Waals surface area contributed by atoms with E-state index < -0.39 is 0 Å². The minimum Gasteiger partial charge on any atom is -0.381 e. The normalized spacial score (nSPS) is 13.5. The van der Waals surface area contributed by atoms with Crippen molar-refractivity contribution in [2.45, 2.75) is 60.3 Å². The SMILES string of the molecule is CCCC(CCOCCC(C)C)CNCC(C)C. The zero-order valence-electron chi connectivity index (χ0n) is 13.3. The first-order valence-electron chi connectivity index (χ1n) is 7.84. The predicted molar refractivity (Wildman–Crippen MR) is 81.0 cm³/mol. The van der Waals surface area contributed by atoms with E-state index in [9.17, 15) is 0 Å². The Bertz CT molecular complexity index is 168. The Morgan fingerprint density at radius 1 is 0.833 bits per heavy atom. The van der Waals surface area contributed by atoms with Crippen LogP contribution >= 0.6 is 0 Å². The fourth-order valence-corrected chi connectivity index (χ4v) is 2.00. The molecule has 0 aliphatic carbocycles. The molecule has 0 aliphatic heterocycles. The van der Waals surface area contributed by atoms with Gasteiger partial charge in [-0.2, -0.15) is 0 Å². The van der Waals surface area contributed by atoms with Crippen LogP contribution < -0.4 is 5.32 Å². The van der Waals surface area contributed by atoms with Gasteiger partial charge in [0.2, 0.25) is 0 Å². The van der Waals surface area contributed by atoms with E-state index in [1.54, 1.807) is 0 Å². The molecular weight excluding hydrogens is 222 g/mol. The van der Waals surface area contributed by atoms with Crippen molar-refractivity contribution in [3.8, 4) is 0 Å². The Labute approximate surface area is 115 Å². The molecule has 2 nitrogen and oxygen atoms in total. The summed E-state index contributed by atoms with van der Waals surface area (Å²) in [5.74, 6) is 2.28. The molecule has 0 saturated carbocycles. The first-order valence-corrected chi connectivity index (χ1v) is 7.84. The van der Waals surface area contributed by atoms with Crippen LogP contribution in [0.25, 0.3) is 0 Å². The molecule has 0 bridgehead atoms. The zero-order valence-corrected chi connectivity index (χ0v) is 13.3. The van der Waals surface area contributed by atoms with Gasteiger partial charge in [-0.1, -0.05) is 41.0 Å². The Morgan fingerprint density at radius 3 is 2.06 bits per heavy atom. The van der Waals surface area contributed by atoms with Crippen LogP contribution in [0.2, 0.25) is 0 Å². The molecule has 0 saturated heterocycles. The molecule has 1 unspecified atom stereocenters. The van der Waals surface area contributed by atoms with Crippen LogP contribution in [0.5, 0.6) is 0 Å². The third-order valence-electron chi connectivity index (χ3n) is 3.19. The van der Waals surface area contributed by atoms with Crippen LogP contribution in [0.15, 0.2) is 0 Å². The molecule has 0 rings (SSSR count). The number of rotatable bonds is 12.